The molecule has 2 aliphatic rings. The lowest BCUT2D eigenvalue weighted by molar-refractivity contribution is -0.122. The van der Waals surface area contributed by atoms with Gasteiger partial charge in [0.05, 0.1) is 5.69 Å². The van der Waals surface area contributed by atoms with E-state index in [2.05, 4.69) is 22.4 Å². The van der Waals surface area contributed by atoms with Gasteiger partial charge in [-0.1, -0.05) is 12.1 Å². The van der Waals surface area contributed by atoms with Crippen LogP contribution in [-0.2, 0) is 16.0 Å². The number of ketones is 1. The van der Waals surface area contributed by atoms with Crippen molar-refractivity contribution in [1.29, 1.82) is 0 Å². The number of nitrogens with one attached hydrogen (secondary N) is 1. The highest BCUT2D eigenvalue weighted by atomic mass is 16.1. The lowest BCUT2D eigenvalue weighted by Crippen LogP contribution is -2.38. The molecule has 0 radical (unpaired) electrons. The molecule has 3 N–H and O–H groups in total. The number of carbonyl (C=O) groups is 2. The minimum Gasteiger partial charge on any atom is -0.353 e. The van der Waals surface area contributed by atoms with Crippen molar-refractivity contribution in [1.82, 2.24) is 10.3 Å². The Hall–Kier alpha value is -2.01. The number of nitrogens with zero attached hydrogens (tertiary/aromatic N) is 1. The fraction of sp³-hybridized carbons (Fsp3) is 0.550. The number of carbonyl (C=O) groups excluding carboxylic acids is 2. The third-order valence-corrected chi connectivity index (χ3v) is 5.25. The minimum atomic E-state index is 0.0429. The molecule has 0 saturated heterocycles. The maximum absolute atomic E-state index is 12.5. The van der Waals surface area contributed by atoms with Crippen molar-refractivity contribution in [3.05, 3.63) is 35.7 Å². The highest BCUT2D eigenvalue weighted by Crippen LogP contribution is 2.31. The van der Waals surface area contributed by atoms with Crippen LogP contribution in [0.25, 0.3) is 5.57 Å². The van der Waals surface area contributed by atoms with E-state index in [0.29, 0.717) is 37.5 Å². The molecule has 1 aromatic heterocycles. The molecule has 1 aromatic rings. The number of nitrogens with two attached hydrogens (primary N) is 1. The summed E-state index contributed by atoms with van der Waals surface area (Å²) in [4.78, 5) is 28.5. The summed E-state index contributed by atoms with van der Waals surface area (Å²) in [6.45, 7) is 0.392. The Labute approximate surface area is 149 Å². The zero-order valence-corrected chi connectivity index (χ0v) is 14.7. The molecule has 1 fully saturated rings. The first kappa shape index (κ1) is 17.8. The Bertz CT molecular complexity index is 661. The van der Waals surface area contributed by atoms with Crippen LogP contribution in [0.3, 0.4) is 0 Å². The summed E-state index contributed by atoms with van der Waals surface area (Å²) in [5.74, 6) is 0.794. The van der Waals surface area contributed by atoms with E-state index in [1.807, 2.05) is 6.07 Å². The van der Waals surface area contributed by atoms with Crippen molar-refractivity contribution in [2.24, 2.45) is 11.7 Å². The molecule has 5 nitrogen and oxygen atoms in total. The van der Waals surface area contributed by atoms with Crippen LogP contribution in [0.2, 0.25) is 0 Å². The van der Waals surface area contributed by atoms with Crippen molar-refractivity contribution in [2.75, 3.05) is 6.54 Å². The number of rotatable bonds is 7. The summed E-state index contributed by atoms with van der Waals surface area (Å²) in [5.41, 5.74) is 8.71. The summed E-state index contributed by atoms with van der Waals surface area (Å²) in [5, 5.41) is 3.04. The number of amides is 1. The van der Waals surface area contributed by atoms with Crippen LogP contribution in [0.1, 0.15) is 56.2 Å². The maximum Gasteiger partial charge on any atom is 0.221 e. The van der Waals surface area contributed by atoms with Gasteiger partial charge in [-0.2, -0.15) is 0 Å². The van der Waals surface area contributed by atoms with Crippen molar-refractivity contribution >= 4 is 17.3 Å². The monoisotopic (exact) mass is 341 g/mol. The molecule has 0 atom stereocenters. The number of pyridine rings is 1. The fourth-order valence-electron chi connectivity index (χ4n) is 3.93. The van der Waals surface area contributed by atoms with Crippen LogP contribution in [0.5, 0.6) is 0 Å². The quantitative estimate of drug-likeness (QED) is 0.797. The molecule has 0 aromatic carbocycles. The number of allylic oxidation sites excluding steroid dienone is 2. The SMILES string of the molecule is NCCC(=O)NC1CCC(CC(=O)CC2=CCc3cccnc32)CC1. The average Bonchev–Trinajstić information content (AvgIpc) is 3.00. The topological polar surface area (TPSA) is 85.1 Å². The Morgan fingerprint density at radius 2 is 2.04 bits per heavy atom. The third kappa shape index (κ3) is 4.75. The minimum absolute atomic E-state index is 0.0429. The zero-order chi connectivity index (χ0) is 17.6. The predicted molar refractivity (Wildman–Crippen MR) is 97.7 cm³/mol. The number of fused-ring (bicyclic) bond motifs is 1. The summed E-state index contributed by atoms with van der Waals surface area (Å²) in [6.07, 6.45) is 10.3. The van der Waals surface area contributed by atoms with Gasteiger partial charge in [0.1, 0.15) is 5.78 Å². The number of Topliss-reactive ketones (excluding diaryl/α,β-unsaturated/α-hetero) is 1. The fourth-order valence-corrected chi connectivity index (χ4v) is 3.93. The Balaban J connectivity index is 1.42. The van der Waals surface area contributed by atoms with Crippen LogP contribution >= 0.6 is 0 Å². The third-order valence-electron chi connectivity index (χ3n) is 5.25. The van der Waals surface area contributed by atoms with E-state index in [0.717, 1.165) is 43.4 Å². The van der Waals surface area contributed by atoms with E-state index < -0.39 is 0 Å². The average molecular weight is 341 g/mol. The lowest BCUT2D eigenvalue weighted by Gasteiger charge is -2.28. The number of aromatic nitrogens is 1. The molecule has 5 heteroatoms. The van der Waals surface area contributed by atoms with Crippen LogP contribution in [0.4, 0.5) is 0 Å². The first-order valence-electron chi connectivity index (χ1n) is 9.30. The van der Waals surface area contributed by atoms with E-state index in [4.69, 9.17) is 5.73 Å². The molecule has 25 heavy (non-hydrogen) atoms. The van der Waals surface area contributed by atoms with Crippen LogP contribution in [0, 0.1) is 5.92 Å². The normalized spacial score (nSPS) is 22.2. The van der Waals surface area contributed by atoms with E-state index >= 15 is 0 Å². The largest absolute Gasteiger partial charge is 0.353 e. The molecule has 1 heterocycles. The maximum atomic E-state index is 12.5. The first-order valence-corrected chi connectivity index (χ1v) is 9.30. The molecule has 0 aliphatic heterocycles. The molecular weight excluding hydrogens is 314 g/mol. The van der Waals surface area contributed by atoms with Gasteiger partial charge >= 0.3 is 0 Å². The van der Waals surface area contributed by atoms with Gasteiger partial charge in [-0.25, -0.2) is 0 Å². The molecule has 0 spiro atoms. The second-order valence-electron chi connectivity index (χ2n) is 7.19. The molecule has 3 rings (SSSR count). The van der Waals surface area contributed by atoms with E-state index in [1.165, 1.54) is 5.56 Å². The Morgan fingerprint density at radius 1 is 1.24 bits per heavy atom. The van der Waals surface area contributed by atoms with Gasteiger partial charge in [-0.05, 0) is 55.2 Å². The van der Waals surface area contributed by atoms with Crippen molar-refractivity contribution in [2.45, 2.75) is 57.4 Å². The molecule has 2 aliphatic carbocycles. The second-order valence-corrected chi connectivity index (χ2v) is 7.19. The second kappa shape index (κ2) is 8.39. The predicted octanol–water partition coefficient (Wildman–Crippen LogP) is 2.39. The Kier molecular flexibility index (Phi) is 5.97. The molecule has 0 unspecified atom stereocenters. The van der Waals surface area contributed by atoms with E-state index in [-0.39, 0.29) is 11.9 Å². The first-order chi connectivity index (χ1) is 12.2. The van der Waals surface area contributed by atoms with Crippen LogP contribution < -0.4 is 11.1 Å². The van der Waals surface area contributed by atoms with E-state index in [1.54, 1.807) is 6.20 Å². The number of hydrogen-bond acceptors (Lipinski definition) is 4. The molecule has 134 valence electrons. The lowest BCUT2D eigenvalue weighted by atomic mass is 9.82. The van der Waals surface area contributed by atoms with Crippen LogP contribution in [0.15, 0.2) is 24.4 Å². The summed E-state index contributed by atoms with van der Waals surface area (Å²) in [7, 11) is 0. The smallest absolute Gasteiger partial charge is 0.221 e. The van der Waals surface area contributed by atoms with Crippen molar-refractivity contribution < 1.29 is 9.59 Å². The summed E-state index contributed by atoms with van der Waals surface area (Å²) >= 11 is 0. The van der Waals surface area contributed by atoms with E-state index in [9.17, 15) is 9.59 Å². The van der Waals surface area contributed by atoms with Crippen molar-refractivity contribution in [3.63, 3.8) is 0 Å². The van der Waals surface area contributed by atoms with Gasteiger partial charge in [0.2, 0.25) is 5.91 Å². The molecular formula is C20H27N3O2. The van der Waals surface area contributed by atoms with Gasteiger partial charge < -0.3 is 11.1 Å². The zero-order valence-electron chi connectivity index (χ0n) is 14.7. The van der Waals surface area contributed by atoms with Crippen LogP contribution in [-0.4, -0.2) is 29.3 Å². The Morgan fingerprint density at radius 3 is 2.80 bits per heavy atom. The highest BCUT2D eigenvalue weighted by Gasteiger charge is 2.25. The van der Waals surface area contributed by atoms with Crippen molar-refractivity contribution in [3.8, 4) is 0 Å². The van der Waals surface area contributed by atoms with Gasteiger partial charge in [-0.3, -0.25) is 14.6 Å². The molecule has 1 amide bonds. The molecule has 1 saturated carbocycles. The number of hydrogen-bond donors (Lipinski definition) is 2. The summed E-state index contributed by atoms with van der Waals surface area (Å²) < 4.78 is 0. The standard InChI is InChI=1S/C20H27N3O2/c21-10-9-19(25)23-17-7-3-14(4-8-17)12-18(24)13-16-6-5-15-2-1-11-22-20(15)16/h1-2,6,11,14,17H,3-5,7-10,12-13,21H2,(H,23,25). The van der Waals surface area contributed by atoms with Gasteiger partial charge in [-0.15, -0.1) is 0 Å². The molecule has 0 bridgehead atoms. The van der Waals surface area contributed by atoms with Gasteiger partial charge in [0.15, 0.2) is 0 Å². The van der Waals surface area contributed by atoms with Gasteiger partial charge in [0.25, 0.3) is 0 Å². The highest BCUT2D eigenvalue weighted by molar-refractivity contribution is 5.91. The summed E-state index contributed by atoms with van der Waals surface area (Å²) in [6, 6.07) is 4.28. The van der Waals surface area contributed by atoms with Gasteiger partial charge in [0, 0.05) is 38.0 Å².